The zero-order valence-corrected chi connectivity index (χ0v) is 14.3. The summed E-state index contributed by atoms with van der Waals surface area (Å²) in [5.74, 6) is -0.0474. The van der Waals surface area contributed by atoms with Crippen LogP contribution in [0, 0.1) is 13.8 Å². The van der Waals surface area contributed by atoms with E-state index < -0.39 is 5.63 Å². The van der Waals surface area contributed by atoms with Gasteiger partial charge in [0, 0.05) is 23.8 Å². The van der Waals surface area contributed by atoms with E-state index in [-0.39, 0.29) is 22.7 Å². The minimum Gasteiger partial charge on any atom is -0.507 e. The van der Waals surface area contributed by atoms with Gasteiger partial charge in [-0.05, 0) is 43.9 Å². The third-order valence-corrected chi connectivity index (χ3v) is 4.36. The lowest BCUT2D eigenvalue weighted by Crippen LogP contribution is -2.13. The number of hydrogen-bond donors (Lipinski definition) is 1. The van der Waals surface area contributed by atoms with Crippen molar-refractivity contribution in [2.75, 3.05) is 0 Å². The Kier molecular flexibility index (Phi) is 5.54. The van der Waals surface area contributed by atoms with E-state index in [2.05, 4.69) is 0 Å². The SMILES string of the molecule is CCCCC(=O)CCc1c(C)c2cc(C)c(O)c(C=O)c2oc1=O. The quantitative estimate of drug-likeness (QED) is 0.619. The van der Waals surface area contributed by atoms with Gasteiger partial charge in [0.25, 0.3) is 0 Å². The highest BCUT2D eigenvalue weighted by Gasteiger charge is 2.18. The molecule has 128 valence electrons. The summed E-state index contributed by atoms with van der Waals surface area (Å²) in [7, 11) is 0. The number of carbonyl (C=O) groups is 2. The first-order chi connectivity index (χ1) is 11.4. The van der Waals surface area contributed by atoms with Gasteiger partial charge in [0.2, 0.25) is 0 Å². The van der Waals surface area contributed by atoms with Crippen LogP contribution in [-0.2, 0) is 11.2 Å². The van der Waals surface area contributed by atoms with Crippen LogP contribution in [0.15, 0.2) is 15.3 Å². The van der Waals surface area contributed by atoms with E-state index in [0.29, 0.717) is 47.6 Å². The van der Waals surface area contributed by atoms with Crippen molar-refractivity contribution in [2.45, 2.75) is 52.9 Å². The summed E-state index contributed by atoms with van der Waals surface area (Å²) in [5.41, 5.74) is 1.19. The summed E-state index contributed by atoms with van der Waals surface area (Å²) >= 11 is 0. The van der Waals surface area contributed by atoms with Crippen molar-refractivity contribution in [2.24, 2.45) is 0 Å². The van der Waals surface area contributed by atoms with E-state index in [9.17, 15) is 19.5 Å². The minimum absolute atomic E-state index is 0.0178. The molecule has 0 fully saturated rings. The van der Waals surface area contributed by atoms with Gasteiger partial charge in [-0.15, -0.1) is 0 Å². The largest absolute Gasteiger partial charge is 0.507 e. The molecule has 5 nitrogen and oxygen atoms in total. The standard InChI is InChI=1S/C19H22O5/c1-4-5-6-13(21)7-8-14-12(3)15-9-11(2)17(22)16(10-20)18(15)24-19(14)23/h9-10,22H,4-8H2,1-3H3. The van der Waals surface area contributed by atoms with Gasteiger partial charge in [0.05, 0.1) is 5.56 Å². The highest BCUT2D eigenvalue weighted by molar-refractivity contribution is 5.99. The number of rotatable bonds is 7. The molecule has 0 saturated heterocycles. The zero-order chi connectivity index (χ0) is 17.9. The van der Waals surface area contributed by atoms with Gasteiger partial charge in [-0.1, -0.05) is 13.3 Å². The van der Waals surface area contributed by atoms with Crippen molar-refractivity contribution >= 4 is 23.0 Å². The number of aromatic hydroxyl groups is 1. The first-order valence-corrected chi connectivity index (χ1v) is 8.16. The predicted molar refractivity (Wildman–Crippen MR) is 91.9 cm³/mol. The lowest BCUT2D eigenvalue weighted by molar-refractivity contribution is -0.119. The molecule has 1 aromatic carbocycles. The molecule has 0 radical (unpaired) electrons. The molecule has 24 heavy (non-hydrogen) atoms. The van der Waals surface area contributed by atoms with Crippen molar-refractivity contribution in [3.8, 4) is 5.75 Å². The molecule has 1 heterocycles. The van der Waals surface area contributed by atoms with Gasteiger partial charge < -0.3 is 9.52 Å². The predicted octanol–water partition coefficient (Wildman–Crippen LogP) is 3.62. The normalized spacial score (nSPS) is 11.0. The Morgan fingerprint density at radius 1 is 1.29 bits per heavy atom. The third kappa shape index (κ3) is 3.40. The number of carbonyl (C=O) groups excluding carboxylic acids is 2. The Labute approximate surface area is 140 Å². The Morgan fingerprint density at radius 2 is 2.00 bits per heavy atom. The average molecular weight is 330 g/mol. The molecule has 0 atom stereocenters. The third-order valence-electron chi connectivity index (χ3n) is 4.36. The Hall–Kier alpha value is -2.43. The van der Waals surface area contributed by atoms with E-state index >= 15 is 0 Å². The number of unbranched alkanes of at least 4 members (excludes halogenated alkanes) is 1. The Bertz CT molecular complexity index is 845. The molecular formula is C19H22O5. The van der Waals surface area contributed by atoms with Crippen molar-refractivity contribution in [3.05, 3.63) is 38.7 Å². The number of benzene rings is 1. The molecule has 0 aliphatic rings. The van der Waals surface area contributed by atoms with E-state index in [1.54, 1.807) is 19.9 Å². The smallest absolute Gasteiger partial charge is 0.339 e. The molecule has 0 saturated carbocycles. The molecule has 1 N–H and O–H groups in total. The highest BCUT2D eigenvalue weighted by atomic mass is 16.4. The van der Waals surface area contributed by atoms with Gasteiger partial charge >= 0.3 is 5.63 Å². The van der Waals surface area contributed by atoms with Crippen molar-refractivity contribution in [1.82, 2.24) is 0 Å². The second-order valence-corrected chi connectivity index (χ2v) is 6.09. The first-order valence-electron chi connectivity index (χ1n) is 8.16. The molecule has 0 unspecified atom stereocenters. The number of aryl methyl sites for hydroxylation is 2. The maximum absolute atomic E-state index is 12.3. The number of phenolic OH excluding ortho intramolecular Hbond substituents is 1. The second kappa shape index (κ2) is 7.43. The van der Waals surface area contributed by atoms with Gasteiger partial charge in [-0.2, -0.15) is 0 Å². The van der Waals surface area contributed by atoms with Gasteiger partial charge in [0.1, 0.15) is 11.5 Å². The summed E-state index contributed by atoms with van der Waals surface area (Å²) in [6, 6.07) is 1.69. The Morgan fingerprint density at radius 3 is 2.62 bits per heavy atom. The summed E-state index contributed by atoms with van der Waals surface area (Å²) in [6.45, 7) is 5.48. The van der Waals surface area contributed by atoms with Crippen LogP contribution < -0.4 is 5.63 Å². The summed E-state index contributed by atoms with van der Waals surface area (Å²) < 4.78 is 5.29. The van der Waals surface area contributed by atoms with Gasteiger partial charge in [0.15, 0.2) is 11.9 Å². The van der Waals surface area contributed by atoms with Crippen LogP contribution in [-0.4, -0.2) is 17.2 Å². The summed E-state index contributed by atoms with van der Waals surface area (Å²) in [6.07, 6.45) is 3.45. The van der Waals surface area contributed by atoms with E-state index in [0.717, 1.165) is 12.8 Å². The highest BCUT2D eigenvalue weighted by Crippen LogP contribution is 2.31. The molecule has 2 rings (SSSR count). The van der Waals surface area contributed by atoms with E-state index in [4.69, 9.17) is 4.42 Å². The summed E-state index contributed by atoms with van der Waals surface area (Å²) in [5, 5.41) is 10.6. The maximum Gasteiger partial charge on any atom is 0.339 e. The van der Waals surface area contributed by atoms with Crippen LogP contribution in [0.2, 0.25) is 0 Å². The molecule has 0 aliphatic carbocycles. The number of fused-ring (bicyclic) bond motifs is 1. The van der Waals surface area contributed by atoms with Crippen LogP contribution in [0.4, 0.5) is 0 Å². The monoisotopic (exact) mass is 330 g/mol. The molecule has 2 aromatic rings. The number of hydrogen-bond acceptors (Lipinski definition) is 5. The fourth-order valence-electron chi connectivity index (χ4n) is 2.84. The average Bonchev–Trinajstić information content (AvgIpc) is 2.55. The van der Waals surface area contributed by atoms with Crippen molar-refractivity contribution < 1.29 is 19.1 Å². The number of Topliss-reactive ketones (excluding diaryl/α,β-unsaturated/α-hetero) is 1. The van der Waals surface area contributed by atoms with E-state index in [1.165, 1.54) is 0 Å². The fourth-order valence-corrected chi connectivity index (χ4v) is 2.84. The molecule has 0 spiro atoms. The number of ketones is 1. The molecular weight excluding hydrogens is 308 g/mol. The zero-order valence-electron chi connectivity index (χ0n) is 14.3. The second-order valence-electron chi connectivity index (χ2n) is 6.09. The molecule has 0 aliphatic heterocycles. The molecule has 0 bridgehead atoms. The van der Waals surface area contributed by atoms with E-state index in [1.807, 2.05) is 6.92 Å². The van der Waals surface area contributed by atoms with Gasteiger partial charge in [-0.25, -0.2) is 4.79 Å². The fraction of sp³-hybridized carbons (Fsp3) is 0.421. The number of phenols is 1. The van der Waals surface area contributed by atoms with Crippen LogP contribution >= 0.6 is 0 Å². The van der Waals surface area contributed by atoms with Gasteiger partial charge in [-0.3, -0.25) is 9.59 Å². The van der Waals surface area contributed by atoms with Crippen molar-refractivity contribution in [3.63, 3.8) is 0 Å². The maximum atomic E-state index is 12.3. The lowest BCUT2D eigenvalue weighted by Gasteiger charge is -2.11. The van der Waals surface area contributed by atoms with Crippen molar-refractivity contribution in [1.29, 1.82) is 0 Å². The topological polar surface area (TPSA) is 84.6 Å². The summed E-state index contributed by atoms with van der Waals surface area (Å²) in [4.78, 5) is 35.4. The minimum atomic E-state index is -0.561. The lowest BCUT2D eigenvalue weighted by atomic mass is 9.97. The van der Waals surface area contributed by atoms with Crippen LogP contribution in [0.5, 0.6) is 5.75 Å². The number of aldehydes is 1. The molecule has 5 heteroatoms. The molecule has 0 amide bonds. The first kappa shape index (κ1) is 17.9. The van der Waals surface area contributed by atoms with Crippen LogP contribution in [0.3, 0.4) is 0 Å². The van der Waals surface area contributed by atoms with Crippen LogP contribution in [0.25, 0.3) is 11.0 Å². The van der Waals surface area contributed by atoms with Crippen LogP contribution in [0.1, 0.15) is 59.7 Å². The molecule has 1 aromatic heterocycles. The Balaban J connectivity index is 2.46.